The van der Waals surface area contributed by atoms with Crippen molar-refractivity contribution in [1.29, 1.82) is 0 Å². The second-order valence-corrected chi connectivity index (χ2v) is 7.81. The molecule has 2 N–H and O–H groups in total. The van der Waals surface area contributed by atoms with Gasteiger partial charge in [0, 0.05) is 24.7 Å². The maximum Gasteiger partial charge on any atom is 0.371 e. The van der Waals surface area contributed by atoms with Gasteiger partial charge in [-0.25, -0.2) is 9.24 Å². The molecule has 0 aliphatic carbocycles. The van der Waals surface area contributed by atoms with Crippen molar-refractivity contribution in [2.75, 3.05) is 17.8 Å². The molecular weight excluding hydrogens is 279 g/mol. The molecular formula is C13H17N2O4P. The van der Waals surface area contributed by atoms with Crippen molar-refractivity contribution in [3.63, 3.8) is 0 Å². The SMILES string of the molecule is O=P12OCc3cc(O)ccc3N1CCC1C(O)CCN12. The Morgan fingerprint density at radius 1 is 1.30 bits per heavy atom. The van der Waals surface area contributed by atoms with E-state index in [0.29, 0.717) is 19.5 Å². The molecule has 20 heavy (non-hydrogen) atoms. The van der Waals surface area contributed by atoms with Gasteiger partial charge in [0.05, 0.1) is 18.4 Å². The minimum Gasteiger partial charge on any atom is -0.508 e. The zero-order chi connectivity index (χ0) is 13.9. The van der Waals surface area contributed by atoms with Crippen molar-refractivity contribution in [2.24, 2.45) is 0 Å². The van der Waals surface area contributed by atoms with E-state index in [9.17, 15) is 14.8 Å². The summed E-state index contributed by atoms with van der Waals surface area (Å²) < 4.78 is 22.6. The number of fused-ring (bicyclic) bond motifs is 5. The van der Waals surface area contributed by atoms with Gasteiger partial charge in [0.2, 0.25) is 0 Å². The van der Waals surface area contributed by atoms with E-state index >= 15 is 0 Å². The van der Waals surface area contributed by atoms with Gasteiger partial charge in [-0.05, 0) is 31.0 Å². The van der Waals surface area contributed by atoms with Crippen LogP contribution in [0, 0.1) is 0 Å². The second-order valence-electron chi connectivity index (χ2n) is 5.58. The Morgan fingerprint density at radius 2 is 2.15 bits per heavy atom. The van der Waals surface area contributed by atoms with Crippen LogP contribution in [0.25, 0.3) is 0 Å². The molecule has 1 aromatic carbocycles. The molecule has 0 aromatic heterocycles. The Kier molecular flexibility index (Phi) is 2.67. The molecule has 3 atom stereocenters. The van der Waals surface area contributed by atoms with Crippen molar-refractivity contribution in [3.05, 3.63) is 23.8 Å². The lowest BCUT2D eigenvalue weighted by Crippen LogP contribution is -2.47. The number of nitrogens with zero attached hydrogens (tertiary/aromatic N) is 2. The Balaban J connectivity index is 1.77. The Hall–Kier alpha value is -1.07. The average molecular weight is 296 g/mol. The van der Waals surface area contributed by atoms with Gasteiger partial charge in [-0.15, -0.1) is 0 Å². The van der Waals surface area contributed by atoms with Crippen molar-refractivity contribution in [3.8, 4) is 5.75 Å². The number of anilines is 1. The van der Waals surface area contributed by atoms with E-state index in [-0.39, 0.29) is 18.4 Å². The lowest BCUT2D eigenvalue weighted by atomic mass is 10.1. The van der Waals surface area contributed by atoms with Gasteiger partial charge in [-0.3, -0.25) is 9.19 Å². The number of aromatic hydroxyl groups is 1. The van der Waals surface area contributed by atoms with Gasteiger partial charge in [0.25, 0.3) is 0 Å². The van der Waals surface area contributed by atoms with Crippen LogP contribution in [0.4, 0.5) is 5.69 Å². The fourth-order valence-corrected chi connectivity index (χ4v) is 6.21. The molecule has 3 unspecified atom stereocenters. The van der Waals surface area contributed by atoms with E-state index < -0.39 is 13.8 Å². The number of hydrogen-bond donors (Lipinski definition) is 2. The largest absolute Gasteiger partial charge is 0.508 e. The summed E-state index contributed by atoms with van der Waals surface area (Å²) in [4.78, 5) is 0. The summed E-state index contributed by atoms with van der Waals surface area (Å²) in [7, 11) is -3.08. The van der Waals surface area contributed by atoms with Crippen LogP contribution in [0.1, 0.15) is 18.4 Å². The smallest absolute Gasteiger partial charge is 0.371 e. The van der Waals surface area contributed by atoms with Crippen molar-refractivity contribution >= 4 is 13.4 Å². The molecule has 2 fully saturated rings. The van der Waals surface area contributed by atoms with Gasteiger partial charge in [-0.2, -0.15) is 0 Å². The normalized spacial score (nSPS) is 36.4. The number of benzene rings is 1. The lowest BCUT2D eigenvalue weighted by molar-refractivity contribution is 0.122. The third-order valence-corrected chi connectivity index (χ3v) is 7.11. The molecule has 2 saturated heterocycles. The van der Waals surface area contributed by atoms with Gasteiger partial charge < -0.3 is 10.2 Å². The molecule has 0 spiro atoms. The highest BCUT2D eigenvalue weighted by molar-refractivity contribution is 7.58. The average Bonchev–Trinajstić information content (AvgIpc) is 2.81. The fraction of sp³-hybridized carbons (Fsp3) is 0.538. The molecule has 0 radical (unpaired) electrons. The first kappa shape index (κ1) is 12.7. The summed E-state index contributed by atoms with van der Waals surface area (Å²) >= 11 is 0. The van der Waals surface area contributed by atoms with Crippen molar-refractivity contribution in [1.82, 2.24) is 4.67 Å². The predicted octanol–water partition coefficient (Wildman–Crippen LogP) is 1.68. The van der Waals surface area contributed by atoms with Crippen molar-refractivity contribution in [2.45, 2.75) is 31.6 Å². The number of rotatable bonds is 0. The zero-order valence-corrected chi connectivity index (χ0v) is 11.9. The van der Waals surface area contributed by atoms with Crippen LogP contribution in [0.5, 0.6) is 5.75 Å². The van der Waals surface area contributed by atoms with Gasteiger partial charge in [-0.1, -0.05) is 0 Å². The first-order valence-electron chi connectivity index (χ1n) is 6.89. The fourth-order valence-electron chi connectivity index (χ4n) is 3.49. The molecule has 1 aromatic rings. The summed E-state index contributed by atoms with van der Waals surface area (Å²) in [5, 5.41) is 19.5. The van der Waals surface area contributed by atoms with Crippen molar-refractivity contribution < 1.29 is 19.3 Å². The van der Waals surface area contributed by atoms with Crippen LogP contribution in [0.2, 0.25) is 0 Å². The van der Waals surface area contributed by atoms with E-state index in [1.807, 2.05) is 9.34 Å². The molecule has 7 heteroatoms. The summed E-state index contributed by atoms with van der Waals surface area (Å²) in [5.74, 6) is 0.190. The molecule has 3 aliphatic heterocycles. The third-order valence-electron chi connectivity index (χ3n) is 4.48. The number of phenols is 1. The molecule has 4 rings (SSSR count). The Labute approximate surface area is 117 Å². The maximum absolute atomic E-state index is 13.3. The van der Waals surface area contributed by atoms with Gasteiger partial charge in [0.1, 0.15) is 5.75 Å². The Morgan fingerprint density at radius 3 is 3.00 bits per heavy atom. The molecule has 108 valence electrons. The van der Waals surface area contributed by atoms with Crippen LogP contribution in [0.15, 0.2) is 18.2 Å². The first-order chi connectivity index (χ1) is 9.59. The van der Waals surface area contributed by atoms with Crippen LogP contribution < -0.4 is 4.67 Å². The molecule has 3 heterocycles. The Bertz CT molecular complexity index is 608. The second kappa shape index (κ2) is 4.21. The summed E-state index contributed by atoms with van der Waals surface area (Å²) in [6.07, 6.45) is 1.01. The molecule has 3 aliphatic rings. The number of aliphatic hydroxyl groups is 1. The monoisotopic (exact) mass is 296 g/mol. The highest BCUT2D eigenvalue weighted by Crippen LogP contribution is 2.64. The zero-order valence-electron chi connectivity index (χ0n) is 11.0. The minimum absolute atomic E-state index is 0.0595. The topological polar surface area (TPSA) is 73.2 Å². The summed E-state index contributed by atoms with van der Waals surface area (Å²) in [6, 6.07) is 5.01. The van der Waals surface area contributed by atoms with Crippen LogP contribution >= 0.6 is 7.67 Å². The lowest BCUT2D eigenvalue weighted by Gasteiger charge is -2.47. The van der Waals surface area contributed by atoms with E-state index in [1.54, 1.807) is 18.2 Å². The molecule has 0 amide bonds. The third kappa shape index (κ3) is 1.59. The van der Waals surface area contributed by atoms with Crippen LogP contribution in [-0.2, 0) is 15.7 Å². The predicted molar refractivity (Wildman–Crippen MR) is 73.6 cm³/mol. The minimum atomic E-state index is -3.08. The van der Waals surface area contributed by atoms with Gasteiger partial charge >= 0.3 is 7.67 Å². The van der Waals surface area contributed by atoms with Crippen LogP contribution in [-0.4, -0.2) is 40.1 Å². The maximum atomic E-state index is 13.3. The van der Waals surface area contributed by atoms with Gasteiger partial charge in [0.15, 0.2) is 0 Å². The summed E-state index contributed by atoms with van der Waals surface area (Å²) in [6.45, 7) is 1.44. The number of phenolic OH excluding ortho intramolecular Hbond substituents is 1. The molecule has 6 nitrogen and oxygen atoms in total. The van der Waals surface area contributed by atoms with E-state index in [4.69, 9.17) is 4.52 Å². The van der Waals surface area contributed by atoms with E-state index in [0.717, 1.165) is 17.7 Å². The van der Waals surface area contributed by atoms with Crippen LogP contribution in [0.3, 0.4) is 0 Å². The quantitative estimate of drug-likeness (QED) is 0.710. The first-order valence-corrected chi connectivity index (χ1v) is 8.42. The summed E-state index contributed by atoms with van der Waals surface area (Å²) in [5.41, 5.74) is 1.73. The molecule has 0 saturated carbocycles. The highest BCUT2D eigenvalue weighted by atomic mass is 31.2. The highest BCUT2D eigenvalue weighted by Gasteiger charge is 2.53. The standard InChI is InChI=1S/C13H17N2O4P/c16-10-1-2-11-9(7-10)8-19-20(18)14(11)5-3-12-13(17)4-6-15(12)20/h1-2,7,12-13,16-17H,3-6,8H2. The molecule has 0 bridgehead atoms. The number of hydrogen-bond acceptors (Lipinski definition) is 4. The van der Waals surface area contributed by atoms with E-state index in [1.165, 1.54) is 0 Å². The van der Waals surface area contributed by atoms with E-state index in [2.05, 4.69) is 0 Å². The number of aliphatic hydroxyl groups excluding tert-OH is 1.